The molecule has 0 unspecified atom stereocenters. The maximum absolute atomic E-state index is 5.54. The van der Waals surface area contributed by atoms with Crippen LogP contribution < -0.4 is 5.73 Å². The summed E-state index contributed by atoms with van der Waals surface area (Å²) in [7, 11) is 0. The first-order valence-electron chi connectivity index (χ1n) is 8.95. The summed E-state index contributed by atoms with van der Waals surface area (Å²) in [6.45, 7) is 9.90. The van der Waals surface area contributed by atoms with E-state index in [9.17, 15) is 0 Å². The van der Waals surface area contributed by atoms with E-state index in [1.807, 2.05) is 20.1 Å². The highest BCUT2D eigenvalue weighted by Crippen LogP contribution is 2.12. The Morgan fingerprint density at radius 3 is 2.73 bits per heavy atom. The lowest BCUT2D eigenvalue weighted by Crippen LogP contribution is -2.31. The van der Waals surface area contributed by atoms with Gasteiger partial charge in [-0.05, 0) is 56.8 Å². The van der Waals surface area contributed by atoms with Crippen LogP contribution in [0.2, 0.25) is 0 Å². The van der Waals surface area contributed by atoms with Gasteiger partial charge in [0.05, 0.1) is 19.4 Å². The fraction of sp³-hybridized carbons (Fsp3) is 0.778. The number of rotatable bonds is 7. The first-order chi connectivity index (χ1) is 10.9. The highest BCUT2D eigenvalue weighted by molar-refractivity contribution is 5.12. The topological polar surface area (TPSA) is 51.6 Å². The van der Waals surface area contributed by atoms with Gasteiger partial charge in [0.15, 0.2) is 0 Å². The summed E-state index contributed by atoms with van der Waals surface area (Å²) in [5, 5.41) is 0. The van der Waals surface area contributed by atoms with Crippen molar-refractivity contribution in [3.63, 3.8) is 0 Å². The van der Waals surface area contributed by atoms with Crippen LogP contribution in [0.1, 0.15) is 57.3 Å². The molecule has 22 heavy (non-hydrogen) atoms. The van der Waals surface area contributed by atoms with Gasteiger partial charge in [0.2, 0.25) is 0 Å². The van der Waals surface area contributed by atoms with Crippen LogP contribution in [-0.4, -0.2) is 37.7 Å². The molecule has 0 bridgehead atoms. The molecule has 0 aromatic carbocycles. The molecule has 0 atom stereocenters. The smallest absolute Gasteiger partial charge is 0.117 e. The van der Waals surface area contributed by atoms with Gasteiger partial charge in [-0.1, -0.05) is 20.3 Å². The predicted molar refractivity (Wildman–Crippen MR) is 92.0 cm³/mol. The maximum atomic E-state index is 5.54. The molecule has 1 aliphatic rings. The maximum Gasteiger partial charge on any atom is 0.117 e. The number of nitrogens with zero attached hydrogens (tertiary/aromatic N) is 1. The van der Waals surface area contributed by atoms with Gasteiger partial charge in [0.1, 0.15) is 5.76 Å². The quantitative estimate of drug-likeness (QED) is 0.782. The molecule has 0 aliphatic carbocycles. The number of furan rings is 1. The van der Waals surface area contributed by atoms with Crippen molar-refractivity contribution in [2.45, 2.75) is 58.9 Å². The molecular weight excluding hydrogens is 276 g/mol. The summed E-state index contributed by atoms with van der Waals surface area (Å²) in [6.07, 6.45) is 9.22. The fourth-order valence-corrected chi connectivity index (χ4v) is 2.68. The van der Waals surface area contributed by atoms with E-state index >= 15 is 0 Å². The summed E-state index contributed by atoms with van der Waals surface area (Å²) in [6, 6.07) is 2.08. The van der Waals surface area contributed by atoms with Crippen molar-refractivity contribution >= 4 is 0 Å². The normalized spacial score (nSPS) is 16.5. The Hall–Kier alpha value is -0.840. The summed E-state index contributed by atoms with van der Waals surface area (Å²) in [5.74, 6) is 0.889. The van der Waals surface area contributed by atoms with Crippen molar-refractivity contribution in [2.75, 3.05) is 32.8 Å². The number of unbranched alkanes of at least 4 members (excludes halogenated alkanes) is 2. The Morgan fingerprint density at radius 1 is 1.09 bits per heavy atom. The van der Waals surface area contributed by atoms with Gasteiger partial charge in [0, 0.05) is 13.2 Å². The SMILES string of the molecule is CC.NCc1cc(CCCCCN2CCCCOCC2)co1. The molecule has 1 fully saturated rings. The second-order valence-electron chi connectivity index (χ2n) is 5.60. The largest absolute Gasteiger partial charge is 0.468 e. The molecule has 1 saturated heterocycles. The molecule has 0 saturated carbocycles. The van der Waals surface area contributed by atoms with Crippen LogP contribution in [0.25, 0.3) is 0 Å². The van der Waals surface area contributed by atoms with Gasteiger partial charge >= 0.3 is 0 Å². The zero-order valence-corrected chi connectivity index (χ0v) is 14.5. The number of ether oxygens (including phenoxy) is 1. The summed E-state index contributed by atoms with van der Waals surface area (Å²) in [5.41, 5.74) is 6.82. The fourth-order valence-electron chi connectivity index (χ4n) is 2.68. The minimum atomic E-state index is 0.497. The summed E-state index contributed by atoms with van der Waals surface area (Å²) in [4.78, 5) is 2.55. The molecule has 1 aromatic rings. The predicted octanol–water partition coefficient (Wildman–Crippen LogP) is 3.59. The number of hydrogen-bond acceptors (Lipinski definition) is 4. The Balaban J connectivity index is 0.00000116. The van der Waals surface area contributed by atoms with Crippen molar-refractivity contribution in [2.24, 2.45) is 5.73 Å². The lowest BCUT2D eigenvalue weighted by atomic mass is 10.1. The highest BCUT2D eigenvalue weighted by Gasteiger charge is 2.07. The highest BCUT2D eigenvalue weighted by atomic mass is 16.5. The minimum absolute atomic E-state index is 0.497. The van der Waals surface area contributed by atoms with Crippen molar-refractivity contribution in [3.05, 3.63) is 23.7 Å². The molecule has 0 spiro atoms. The third-order valence-electron chi connectivity index (χ3n) is 3.91. The second kappa shape index (κ2) is 12.7. The zero-order chi connectivity index (χ0) is 16.0. The molecule has 1 aliphatic heterocycles. The third-order valence-corrected chi connectivity index (χ3v) is 3.91. The third kappa shape index (κ3) is 7.97. The first-order valence-corrected chi connectivity index (χ1v) is 8.95. The van der Waals surface area contributed by atoms with Gasteiger partial charge in [-0.3, -0.25) is 0 Å². The van der Waals surface area contributed by atoms with E-state index in [2.05, 4.69) is 11.0 Å². The van der Waals surface area contributed by atoms with Crippen molar-refractivity contribution in [3.8, 4) is 0 Å². The number of aryl methyl sites for hydroxylation is 1. The molecule has 0 radical (unpaired) electrons. The van der Waals surface area contributed by atoms with Crippen LogP contribution in [0.5, 0.6) is 0 Å². The Bertz CT molecular complexity index is 358. The van der Waals surface area contributed by atoms with Crippen molar-refractivity contribution in [1.29, 1.82) is 0 Å². The van der Waals surface area contributed by atoms with Crippen LogP contribution >= 0.6 is 0 Å². The monoisotopic (exact) mass is 310 g/mol. The van der Waals surface area contributed by atoms with Crippen LogP contribution in [0.3, 0.4) is 0 Å². The minimum Gasteiger partial charge on any atom is -0.468 e. The van der Waals surface area contributed by atoms with E-state index in [1.54, 1.807) is 0 Å². The molecule has 2 rings (SSSR count). The van der Waals surface area contributed by atoms with E-state index in [-0.39, 0.29) is 0 Å². The molecule has 4 heteroatoms. The number of hydrogen-bond donors (Lipinski definition) is 1. The Morgan fingerprint density at radius 2 is 1.95 bits per heavy atom. The van der Waals surface area contributed by atoms with Crippen molar-refractivity contribution in [1.82, 2.24) is 4.90 Å². The van der Waals surface area contributed by atoms with E-state index < -0.39 is 0 Å². The Kier molecular flexibility index (Phi) is 11.1. The van der Waals surface area contributed by atoms with Gasteiger partial charge in [0.25, 0.3) is 0 Å². The second-order valence-corrected chi connectivity index (χ2v) is 5.60. The molecule has 0 amide bonds. The zero-order valence-electron chi connectivity index (χ0n) is 14.5. The van der Waals surface area contributed by atoms with Crippen LogP contribution in [0.15, 0.2) is 16.7 Å². The standard InChI is InChI=1S/C16H28N2O2.C2H6/c17-13-16-12-15(14-20-16)6-2-1-3-7-18-8-4-5-10-19-11-9-18;1-2/h12,14H,1-11,13,17H2;1-2H3. The molecule has 2 N–H and O–H groups in total. The van der Waals surface area contributed by atoms with Crippen LogP contribution in [-0.2, 0) is 17.7 Å². The van der Waals surface area contributed by atoms with E-state index in [4.69, 9.17) is 14.9 Å². The molecular formula is C18H34N2O2. The van der Waals surface area contributed by atoms with E-state index in [1.165, 1.54) is 50.8 Å². The van der Waals surface area contributed by atoms with Gasteiger partial charge in [-0.2, -0.15) is 0 Å². The average Bonchev–Trinajstić information content (AvgIpc) is 2.98. The van der Waals surface area contributed by atoms with Gasteiger partial charge in [-0.15, -0.1) is 0 Å². The van der Waals surface area contributed by atoms with E-state index in [0.717, 1.165) is 31.9 Å². The molecule has 1 aromatic heterocycles. The van der Waals surface area contributed by atoms with Gasteiger partial charge in [-0.25, -0.2) is 0 Å². The Labute approximate surface area is 136 Å². The van der Waals surface area contributed by atoms with Gasteiger partial charge < -0.3 is 19.8 Å². The molecule has 2 heterocycles. The molecule has 4 nitrogen and oxygen atoms in total. The number of nitrogens with two attached hydrogens (primary N) is 1. The van der Waals surface area contributed by atoms with Crippen molar-refractivity contribution < 1.29 is 9.15 Å². The van der Waals surface area contributed by atoms with Crippen LogP contribution in [0.4, 0.5) is 0 Å². The average molecular weight is 310 g/mol. The van der Waals surface area contributed by atoms with E-state index in [0.29, 0.717) is 6.54 Å². The van der Waals surface area contributed by atoms with Crippen LogP contribution in [0, 0.1) is 0 Å². The summed E-state index contributed by atoms with van der Waals surface area (Å²) >= 11 is 0. The first kappa shape index (κ1) is 19.2. The summed E-state index contributed by atoms with van der Waals surface area (Å²) < 4.78 is 10.9. The lowest BCUT2D eigenvalue weighted by molar-refractivity contribution is 0.0800. The lowest BCUT2D eigenvalue weighted by Gasteiger charge is -2.24. The molecule has 128 valence electrons.